The highest BCUT2D eigenvalue weighted by Crippen LogP contribution is 2.35. The minimum atomic E-state index is -0.877. The van der Waals surface area contributed by atoms with Crippen molar-refractivity contribution < 1.29 is 23.8 Å². The van der Waals surface area contributed by atoms with Crippen molar-refractivity contribution in [1.82, 2.24) is 0 Å². The van der Waals surface area contributed by atoms with Gasteiger partial charge in [0.05, 0.1) is 25.9 Å². The van der Waals surface area contributed by atoms with Crippen molar-refractivity contribution in [2.45, 2.75) is 24.4 Å². The lowest BCUT2D eigenvalue weighted by Crippen LogP contribution is -2.46. The molecule has 2 unspecified atom stereocenters. The highest BCUT2D eigenvalue weighted by Gasteiger charge is 2.34. The van der Waals surface area contributed by atoms with Crippen LogP contribution in [0.2, 0.25) is 5.02 Å². The largest absolute Gasteiger partial charge is 0.493 e. The highest BCUT2D eigenvalue weighted by atomic mass is 35.5. The third kappa shape index (κ3) is 5.46. The second-order valence-electron chi connectivity index (χ2n) is 7.72. The van der Waals surface area contributed by atoms with Crippen LogP contribution in [-0.2, 0) is 20.9 Å². The molecule has 0 fully saturated rings. The number of alkyl halides is 1. The molecule has 1 heterocycles. The molecular weight excluding hydrogens is 477 g/mol. The molecule has 0 saturated carbocycles. The first-order valence-corrected chi connectivity index (χ1v) is 11.5. The molecule has 4 rings (SSSR count). The Morgan fingerprint density at radius 1 is 1.09 bits per heavy atom. The van der Waals surface area contributed by atoms with Crippen molar-refractivity contribution in [2.75, 3.05) is 18.6 Å². The van der Waals surface area contributed by atoms with E-state index < -0.39 is 17.5 Å². The number of para-hydroxylation sites is 2. The zero-order chi connectivity index (χ0) is 24.1. The summed E-state index contributed by atoms with van der Waals surface area (Å²) in [5.41, 5.74) is 2.26. The van der Waals surface area contributed by atoms with E-state index in [0.29, 0.717) is 35.1 Å². The molecule has 1 amide bonds. The summed E-state index contributed by atoms with van der Waals surface area (Å²) in [6, 6.07) is 21.8. The fourth-order valence-electron chi connectivity index (χ4n) is 3.70. The normalized spacial score (nSPS) is 15.8. The summed E-state index contributed by atoms with van der Waals surface area (Å²) >= 11 is 12.2. The van der Waals surface area contributed by atoms with Crippen LogP contribution in [0, 0.1) is 0 Å². The van der Waals surface area contributed by atoms with E-state index in [4.69, 9.17) is 32.7 Å². The van der Waals surface area contributed by atoms with E-state index in [9.17, 15) is 9.59 Å². The standard InChI is InChI=1S/C26H23Cl2NO5/c1-32-26(31)24(28)18-9-11-20(12-10-18)33-14-13-23-25(30)29(16-17-5-4-6-19(27)15-17)21-7-2-3-8-22(21)34-23/h2-12,15,23-24H,13-14,16H2,1H3. The first kappa shape index (κ1) is 23.9. The van der Waals surface area contributed by atoms with Crippen LogP contribution in [0.15, 0.2) is 72.8 Å². The topological polar surface area (TPSA) is 65.1 Å². The van der Waals surface area contributed by atoms with Gasteiger partial charge >= 0.3 is 5.97 Å². The molecule has 0 aromatic heterocycles. The monoisotopic (exact) mass is 499 g/mol. The molecule has 1 aliphatic rings. The van der Waals surface area contributed by atoms with E-state index in [1.54, 1.807) is 35.2 Å². The third-order valence-corrected chi connectivity index (χ3v) is 6.09. The molecule has 176 valence electrons. The fourth-order valence-corrected chi connectivity index (χ4v) is 4.14. The number of halogens is 2. The summed E-state index contributed by atoms with van der Waals surface area (Å²) in [7, 11) is 1.29. The molecule has 34 heavy (non-hydrogen) atoms. The van der Waals surface area contributed by atoms with Crippen molar-refractivity contribution in [1.29, 1.82) is 0 Å². The van der Waals surface area contributed by atoms with Gasteiger partial charge in [-0.05, 0) is 47.5 Å². The minimum Gasteiger partial charge on any atom is -0.493 e. The van der Waals surface area contributed by atoms with E-state index in [1.165, 1.54) is 7.11 Å². The van der Waals surface area contributed by atoms with Crippen molar-refractivity contribution in [2.24, 2.45) is 0 Å². The lowest BCUT2D eigenvalue weighted by Gasteiger charge is -2.34. The van der Waals surface area contributed by atoms with E-state index >= 15 is 0 Å². The first-order chi connectivity index (χ1) is 16.5. The van der Waals surface area contributed by atoms with Gasteiger partial charge in [0, 0.05) is 11.4 Å². The molecule has 0 saturated heterocycles. The van der Waals surface area contributed by atoms with Gasteiger partial charge in [0.1, 0.15) is 11.5 Å². The fraction of sp³-hybridized carbons (Fsp3) is 0.231. The molecular formula is C26H23Cl2NO5. The SMILES string of the molecule is COC(=O)C(Cl)c1ccc(OCCC2Oc3ccccc3N(Cc3cccc(Cl)c3)C2=O)cc1. The molecule has 0 bridgehead atoms. The summed E-state index contributed by atoms with van der Waals surface area (Å²) in [5, 5.41) is -0.257. The number of fused-ring (bicyclic) bond motifs is 1. The maximum Gasteiger partial charge on any atom is 0.328 e. The Balaban J connectivity index is 1.41. The molecule has 0 spiro atoms. The summed E-state index contributed by atoms with van der Waals surface area (Å²) in [4.78, 5) is 26.6. The molecule has 0 aliphatic carbocycles. The Morgan fingerprint density at radius 2 is 1.85 bits per heavy atom. The quantitative estimate of drug-likeness (QED) is 0.300. The van der Waals surface area contributed by atoms with Crippen LogP contribution in [0.4, 0.5) is 5.69 Å². The number of carbonyl (C=O) groups excluding carboxylic acids is 2. The van der Waals surface area contributed by atoms with Crippen molar-refractivity contribution >= 4 is 40.8 Å². The number of esters is 1. The van der Waals surface area contributed by atoms with Gasteiger partial charge in [-0.15, -0.1) is 11.6 Å². The molecule has 6 nitrogen and oxygen atoms in total. The molecule has 0 N–H and O–H groups in total. The highest BCUT2D eigenvalue weighted by molar-refractivity contribution is 6.30. The minimum absolute atomic E-state index is 0.138. The van der Waals surface area contributed by atoms with Gasteiger partial charge in [0.2, 0.25) is 0 Å². The molecule has 8 heteroatoms. The smallest absolute Gasteiger partial charge is 0.328 e. The van der Waals surface area contributed by atoms with Gasteiger partial charge < -0.3 is 19.1 Å². The van der Waals surface area contributed by atoms with Crippen molar-refractivity contribution in [3.05, 3.63) is 88.9 Å². The number of hydrogen-bond acceptors (Lipinski definition) is 5. The molecule has 3 aromatic rings. The van der Waals surface area contributed by atoms with E-state index in [0.717, 1.165) is 11.3 Å². The number of amides is 1. The number of anilines is 1. The summed E-state index contributed by atoms with van der Waals surface area (Å²) in [6.45, 7) is 0.655. The lowest BCUT2D eigenvalue weighted by atomic mass is 10.1. The van der Waals surface area contributed by atoms with Crippen LogP contribution >= 0.6 is 23.2 Å². The summed E-state index contributed by atoms with van der Waals surface area (Å²) in [6.07, 6.45) is -0.318. The van der Waals surface area contributed by atoms with Crippen LogP contribution in [-0.4, -0.2) is 31.7 Å². The Morgan fingerprint density at radius 3 is 2.59 bits per heavy atom. The molecule has 3 aromatic carbocycles. The number of ether oxygens (including phenoxy) is 3. The predicted molar refractivity (Wildman–Crippen MR) is 131 cm³/mol. The first-order valence-electron chi connectivity index (χ1n) is 10.7. The second kappa shape index (κ2) is 10.8. The Hall–Kier alpha value is -3.22. The number of methoxy groups -OCH3 is 1. The average molecular weight is 500 g/mol. The van der Waals surface area contributed by atoms with Gasteiger partial charge in [-0.3, -0.25) is 9.59 Å². The number of nitrogens with zero attached hydrogens (tertiary/aromatic N) is 1. The lowest BCUT2D eigenvalue weighted by molar-refractivity contribution is -0.140. The number of carbonyl (C=O) groups is 2. The van der Waals surface area contributed by atoms with Crippen molar-refractivity contribution in [3.63, 3.8) is 0 Å². The third-order valence-electron chi connectivity index (χ3n) is 5.43. The summed E-state index contributed by atoms with van der Waals surface area (Å²) in [5.74, 6) is 0.581. The van der Waals surface area contributed by atoms with Gasteiger partial charge in [0.15, 0.2) is 11.5 Å². The second-order valence-corrected chi connectivity index (χ2v) is 8.59. The average Bonchev–Trinajstić information content (AvgIpc) is 2.86. The maximum absolute atomic E-state index is 13.3. The van der Waals surface area contributed by atoms with E-state index in [1.807, 2.05) is 42.5 Å². The molecule has 1 aliphatic heterocycles. The van der Waals surface area contributed by atoms with Gasteiger partial charge in [-0.2, -0.15) is 0 Å². The predicted octanol–water partition coefficient (Wildman–Crippen LogP) is 5.56. The maximum atomic E-state index is 13.3. The number of benzene rings is 3. The molecule has 0 radical (unpaired) electrons. The van der Waals surface area contributed by atoms with Crippen LogP contribution in [0.5, 0.6) is 11.5 Å². The number of hydrogen-bond donors (Lipinski definition) is 0. The van der Waals surface area contributed by atoms with E-state index in [-0.39, 0.29) is 12.5 Å². The summed E-state index contributed by atoms with van der Waals surface area (Å²) < 4.78 is 16.5. The number of rotatable bonds is 8. The van der Waals surface area contributed by atoms with Crippen LogP contribution in [0.3, 0.4) is 0 Å². The Bertz CT molecular complexity index is 1170. The van der Waals surface area contributed by atoms with Crippen LogP contribution < -0.4 is 14.4 Å². The van der Waals surface area contributed by atoms with Crippen LogP contribution in [0.1, 0.15) is 22.9 Å². The van der Waals surface area contributed by atoms with Gasteiger partial charge in [0.25, 0.3) is 5.91 Å². The van der Waals surface area contributed by atoms with Gasteiger partial charge in [-0.25, -0.2) is 0 Å². The zero-order valence-electron chi connectivity index (χ0n) is 18.4. The van der Waals surface area contributed by atoms with Gasteiger partial charge in [-0.1, -0.05) is 48.0 Å². The molecule has 2 atom stereocenters. The van der Waals surface area contributed by atoms with Crippen molar-refractivity contribution in [3.8, 4) is 11.5 Å². The Kier molecular flexibility index (Phi) is 7.60. The Labute approximate surface area is 207 Å². The zero-order valence-corrected chi connectivity index (χ0v) is 20.0. The van der Waals surface area contributed by atoms with E-state index in [2.05, 4.69) is 4.74 Å². The van der Waals surface area contributed by atoms with Crippen LogP contribution in [0.25, 0.3) is 0 Å².